The Balaban J connectivity index is 1.75. The van der Waals surface area contributed by atoms with Crippen molar-refractivity contribution in [2.75, 3.05) is 10.6 Å². The van der Waals surface area contributed by atoms with E-state index in [1.165, 1.54) is 4.68 Å². The van der Waals surface area contributed by atoms with E-state index >= 15 is 0 Å². The Morgan fingerprint density at radius 1 is 1.31 bits per heavy atom. The van der Waals surface area contributed by atoms with Crippen molar-refractivity contribution in [2.24, 2.45) is 0 Å². The van der Waals surface area contributed by atoms with Crippen LogP contribution < -0.4 is 15.7 Å². The number of aliphatic carboxylic acids is 1. The summed E-state index contributed by atoms with van der Waals surface area (Å²) < 4.78 is 1.53. The first kappa shape index (κ1) is 17.9. The van der Waals surface area contributed by atoms with Gasteiger partial charge in [0.25, 0.3) is 5.95 Å². The molecule has 10 heteroatoms. The lowest BCUT2D eigenvalue weighted by Gasteiger charge is -2.23. The molecule has 1 aromatic heterocycles. The average Bonchev–Trinajstić information content (AvgIpc) is 2.96. The highest BCUT2D eigenvalue weighted by Crippen LogP contribution is 2.30. The van der Waals surface area contributed by atoms with Gasteiger partial charge in [-0.1, -0.05) is 23.7 Å². The third-order valence-electron chi connectivity index (χ3n) is 3.85. The van der Waals surface area contributed by atoms with Crippen molar-refractivity contribution in [1.82, 2.24) is 14.8 Å². The normalized spacial score (nSPS) is 15.9. The first-order chi connectivity index (χ1) is 12.4. The SMILES string of the molecule is O=C([O-])CCCC(=O)Nc1nc2n(n1)[C@H](c1ccc(Cl)cc1)CC(=O)N2. The number of amides is 2. The summed E-state index contributed by atoms with van der Waals surface area (Å²) in [5, 5.41) is 20.3. The van der Waals surface area contributed by atoms with Crippen molar-refractivity contribution < 1.29 is 19.5 Å². The van der Waals surface area contributed by atoms with E-state index in [0.29, 0.717) is 5.02 Å². The first-order valence-corrected chi connectivity index (χ1v) is 8.32. The highest BCUT2D eigenvalue weighted by atomic mass is 35.5. The van der Waals surface area contributed by atoms with Gasteiger partial charge in [-0.15, -0.1) is 5.10 Å². The van der Waals surface area contributed by atoms with Crippen LogP contribution in [0.1, 0.15) is 37.3 Å². The van der Waals surface area contributed by atoms with Gasteiger partial charge < -0.3 is 9.90 Å². The van der Waals surface area contributed by atoms with Crippen molar-refractivity contribution in [1.29, 1.82) is 0 Å². The third kappa shape index (κ3) is 4.17. The van der Waals surface area contributed by atoms with Crippen LogP contribution in [-0.2, 0) is 14.4 Å². The Labute approximate surface area is 153 Å². The number of fused-ring (bicyclic) bond motifs is 1. The maximum Gasteiger partial charge on any atom is 0.250 e. The molecule has 0 saturated heterocycles. The van der Waals surface area contributed by atoms with E-state index in [1.54, 1.807) is 24.3 Å². The summed E-state index contributed by atoms with van der Waals surface area (Å²) in [6, 6.07) is 6.68. The van der Waals surface area contributed by atoms with Crippen molar-refractivity contribution >= 4 is 41.3 Å². The monoisotopic (exact) mass is 376 g/mol. The predicted octanol–water partition coefficient (Wildman–Crippen LogP) is 0.722. The molecule has 0 saturated carbocycles. The molecule has 9 nitrogen and oxygen atoms in total. The van der Waals surface area contributed by atoms with Gasteiger partial charge >= 0.3 is 0 Å². The molecule has 2 N–H and O–H groups in total. The van der Waals surface area contributed by atoms with Crippen LogP contribution in [0.25, 0.3) is 0 Å². The van der Waals surface area contributed by atoms with Gasteiger partial charge in [-0.2, -0.15) is 4.98 Å². The second kappa shape index (κ2) is 7.52. The van der Waals surface area contributed by atoms with Crippen LogP contribution >= 0.6 is 11.6 Å². The minimum Gasteiger partial charge on any atom is -0.550 e. The lowest BCUT2D eigenvalue weighted by molar-refractivity contribution is -0.305. The molecule has 1 atom stereocenters. The number of halogens is 1. The Morgan fingerprint density at radius 3 is 2.73 bits per heavy atom. The van der Waals surface area contributed by atoms with Gasteiger partial charge in [0, 0.05) is 17.4 Å². The second-order valence-corrected chi connectivity index (χ2v) is 6.23. The van der Waals surface area contributed by atoms with Gasteiger partial charge in [0.15, 0.2) is 0 Å². The summed E-state index contributed by atoms with van der Waals surface area (Å²) in [5.41, 5.74) is 0.835. The molecule has 0 aliphatic carbocycles. The highest BCUT2D eigenvalue weighted by molar-refractivity contribution is 6.30. The van der Waals surface area contributed by atoms with Gasteiger partial charge in [-0.25, -0.2) is 4.68 Å². The Kier molecular flexibility index (Phi) is 5.17. The maximum atomic E-state index is 11.9. The fraction of sp³-hybridized carbons (Fsp3) is 0.312. The topological polar surface area (TPSA) is 129 Å². The summed E-state index contributed by atoms with van der Waals surface area (Å²) in [6.45, 7) is 0. The molecular weight excluding hydrogens is 362 g/mol. The molecule has 0 unspecified atom stereocenters. The fourth-order valence-electron chi connectivity index (χ4n) is 2.64. The lowest BCUT2D eigenvalue weighted by atomic mass is 10.0. The summed E-state index contributed by atoms with van der Waals surface area (Å²) in [7, 11) is 0. The van der Waals surface area contributed by atoms with Crippen LogP contribution in [0.15, 0.2) is 24.3 Å². The van der Waals surface area contributed by atoms with E-state index < -0.39 is 11.9 Å². The van der Waals surface area contributed by atoms with Crippen molar-refractivity contribution in [3.8, 4) is 0 Å². The van der Waals surface area contributed by atoms with Crippen LogP contribution in [0.3, 0.4) is 0 Å². The van der Waals surface area contributed by atoms with Gasteiger partial charge in [0.2, 0.25) is 17.8 Å². The van der Waals surface area contributed by atoms with Crippen molar-refractivity contribution in [3.05, 3.63) is 34.9 Å². The van der Waals surface area contributed by atoms with E-state index in [1.807, 2.05) is 0 Å². The number of aromatic nitrogens is 3. The number of benzene rings is 1. The predicted molar refractivity (Wildman–Crippen MR) is 90.3 cm³/mol. The summed E-state index contributed by atoms with van der Waals surface area (Å²) >= 11 is 5.90. The summed E-state index contributed by atoms with van der Waals surface area (Å²) in [4.78, 5) is 38.3. The average molecular weight is 377 g/mol. The van der Waals surface area contributed by atoms with E-state index in [-0.39, 0.29) is 49.5 Å². The number of nitrogens with zero attached hydrogens (tertiary/aromatic N) is 3. The zero-order valence-electron chi connectivity index (χ0n) is 13.6. The number of hydrogen-bond acceptors (Lipinski definition) is 6. The van der Waals surface area contributed by atoms with Gasteiger partial charge in [0.1, 0.15) is 0 Å². The zero-order chi connectivity index (χ0) is 18.7. The molecule has 3 rings (SSSR count). The number of carbonyl (C=O) groups is 3. The molecule has 2 aromatic rings. The number of carboxylic acids is 1. The number of rotatable bonds is 6. The Bertz CT molecular complexity index is 849. The Hall–Kier alpha value is -2.94. The number of anilines is 2. The van der Waals surface area contributed by atoms with E-state index in [4.69, 9.17) is 11.6 Å². The van der Waals surface area contributed by atoms with Crippen molar-refractivity contribution in [3.63, 3.8) is 0 Å². The summed E-state index contributed by atoms with van der Waals surface area (Å²) in [5.74, 6) is -1.56. The van der Waals surface area contributed by atoms with Crippen LogP contribution in [-0.4, -0.2) is 32.5 Å². The Morgan fingerprint density at radius 2 is 2.04 bits per heavy atom. The first-order valence-electron chi connectivity index (χ1n) is 7.94. The van der Waals surface area contributed by atoms with Crippen molar-refractivity contribution in [2.45, 2.75) is 31.7 Å². The minimum absolute atomic E-state index is 0.00479. The smallest absolute Gasteiger partial charge is 0.250 e. The molecule has 1 aliphatic rings. The largest absolute Gasteiger partial charge is 0.550 e. The highest BCUT2D eigenvalue weighted by Gasteiger charge is 2.29. The van der Waals surface area contributed by atoms with Crippen LogP contribution in [0.4, 0.5) is 11.9 Å². The fourth-order valence-corrected chi connectivity index (χ4v) is 2.77. The molecule has 1 aromatic carbocycles. The standard InChI is InChI=1S/C16H16ClN5O4/c17-10-6-4-9(5-7-10)11-8-13(24)19-16-20-15(21-22(11)16)18-12(23)2-1-3-14(25)26/h4-7,11H,1-3,8H2,(H,25,26)(H2,18,19,20,21,23,24)/p-1/t11-/m0/s1. The van der Waals surface area contributed by atoms with E-state index in [9.17, 15) is 19.5 Å². The van der Waals surface area contributed by atoms with Crippen LogP contribution in [0, 0.1) is 0 Å². The molecule has 26 heavy (non-hydrogen) atoms. The van der Waals surface area contributed by atoms with Crippen LogP contribution in [0.5, 0.6) is 0 Å². The molecule has 0 fully saturated rings. The van der Waals surface area contributed by atoms with Crippen LogP contribution in [0.2, 0.25) is 5.02 Å². The molecule has 136 valence electrons. The molecule has 0 radical (unpaired) electrons. The number of hydrogen-bond donors (Lipinski definition) is 2. The number of carbonyl (C=O) groups excluding carboxylic acids is 3. The zero-order valence-corrected chi connectivity index (χ0v) is 14.3. The van der Waals surface area contributed by atoms with E-state index in [0.717, 1.165) is 5.56 Å². The number of nitrogens with one attached hydrogen (secondary N) is 2. The number of carboxylic acid groups (broad SMARTS) is 1. The van der Waals surface area contributed by atoms with Gasteiger partial charge in [0.05, 0.1) is 12.5 Å². The van der Waals surface area contributed by atoms with Gasteiger partial charge in [-0.05, 0) is 30.5 Å². The van der Waals surface area contributed by atoms with Gasteiger partial charge in [-0.3, -0.25) is 20.2 Å². The summed E-state index contributed by atoms with van der Waals surface area (Å²) in [6.07, 6.45) is 0.142. The quantitative estimate of drug-likeness (QED) is 0.764. The lowest BCUT2D eigenvalue weighted by Crippen LogP contribution is -2.29. The molecule has 1 aliphatic heterocycles. The molecule has 0 bridgehead atoms. The maximum absolute atomic E-state index is 11.9. The molecular formula is C16H15ClN5O4-. The second-order valence-electron chi connectivity index (χ2n) is 5.80. The molecule has 2 amide bonds. The minimum atomic E-state index is -1.21. The third-order valence-corrected chi connectivity index (χ3v) is 4.10. The van der Waals surface area contributed by atoms with E-state index in [2.05, 4.69) is 20.7 Å². The molecule has 2 heterocycles. The molecule has 0 spiro atoms.